The summed E-state index contributed by atoms with van der Waals surface area (Å²) >= 11 is 0. The summed E-state index contributed by atoms with van der Waals surface area (Å²) in [6, 6.07) is 0. The number of aromatic hydroxyl groups is 1. The number of ether oxygens (including phenoxy) is 1. The smallest absolute Gasteiger partial charge is 0.278 e. The Hall–Kier alpha value is -1.75. The maximum absolute atomic E-state index is 12.4. The van der Waals surface area contributed by atoms with Crippen LogP contribution in [0.2, 0.25) is 0 Å². The number of fused-ring (bicyclic) bond motifs is 1. The molecular formula is C16H24N2O3. The van der Waals surface area contributed by atoms with Gasteiger partial charge >= 0.3 is 0 Å². The lowest BCUT2D eigenvalue weighted by Crippen LogP contribution is -2.54. The van der Waals surface area contributed by atoms with E-state index in [2.05, 4.69) is 5.43 Å². The van der Waals surface area contributed by atoms with Gasteiger partial charge in [-0.2, -0.15) is 0 Å². The predicted octanol–water partition coefficient (Wildman–Crippen LogP) is 1.99. The van der Waals surface area contributed by atoms with E-state index in [4.69, 9.17) is 4.74 Å². The van der Waals surface area contributed by atoms with Crippen molar-refractivity contribution in [2.75, 3.05) is 14.1 Å². The molecule has 0 radical (unpaired) electrons. The van der Waals surface area contributed by atoms with E-state index >= 15 is 0 Å². The molecule has 1 atom stereocenters. The highest BCUT2D eigenvalue weighted by Gasteiger charge is 2.41. The van der Waals surface area contributed by atoms with E-state index < -0.39 is 5.60 Å². The molecule has 5 heteroatoms. The number of phenolic OH excluding ortho intramolecular Hbond substituents is 1. The third-order valence-corrected chi connectivity index (χ3v) is 4.33. The van der Waals surface area contributed by atoms with Gasteiger partial charge in [-0.15, -0.1) is 0 Å². The van der Waals surface area contributed by atoms with Crippen LogP contribution in [-0.2, 0) is 11.2 Å². The van der Waals surface area contributed by atoms with Crippen molar-refractivity contribution in [3.8, 4) is 11.5 Å². The molecule has 21 heavy (non-hydrogen) atoms. The molecular weight excluding hydrogens is 268 g/mol. The number of phenols is 1. The number of nitrogens with zero attached hydrogens (tertiary/aromatic N) is 1. The molecule has 1 aromatic rings. The number of carbonyl (C=O) groups excluding carboxylic acids is 1. The summed E-state index contributed by atoms with van der Waals surface area (Å²) in [4.78, 5) is 12.4. The van der Waals surface area contributed by atoms with Crippen molar-refractivity contribution in [3.63, 3.8) is 0 Å². The van der Waals surface area contributed by atoms with Crippen LogP contribution in [0.3, 0.4) is 0 Å². The number of nitrogens with one attached hydrogen (secondary N) is 1. The summed E-state index contributed by atoms with van der Waals surface area (Å²) < 4.78 is 6.08. The third-order valence-electron chi connectivity index (χ3n) is 4.33. The van der Waals surface area contributed by atoms with E-state index in [0.29, 0.717) is 18.6 Å². The van der Waals surface area contributed by atoms with E-state index in [9.17, 15) is 9.90 Å². The van der Waals surface area contributed by atoms with Crippen LogP contribution in [0.5, 0.6) is 11.5 Å². The summed E-state index contributed by atoms with van der Waals surface area (Å²) in [6.45, 7) is 7.49. The Morgan fingerprint density at radius 2 is 1.86 bits per heavy atom. The molecule has 0 saturated heterocycles. The van der Waals surface area contributed by atoms with Gasteiger partial charge in [0.25, 0.3) is 5.91 Å². The Balaban J connectivity index is 2.43. The maximum Gasteiger partial charge on any atom is 0.278 e. The van der Waals surface area contributed by atoms with Crippen molar-refractivity contribution >= 4 is 5.91 Å². The van der Waals surface area contributed by atoms with E-state index in [1.807, 2.05) is 27.7 Å². The largest absolute Gasteiger partial charge is 0.507 e. The molecule has 5 nitrogen and oxygen atoms in total. The normalized spacial score (nSPS) is 20.9. The Morgan fingerprint density at radius 1 is 1.24 bits per heavy atom. The van der Waals surface area contributed by atoms with E-state index in [-0.39, 0.29) is 5.91 Å². The first-order valence-corrected chi connectivity index (χ1v) is 7.16. The minimum absolute atomic E-state index is 0.152. The number of hydrazine groups is 1. The Kier molecular flexibility index (Phi) is 3.89. The van der Waals surface area contributed by atoms with Gasteiger partial charge in [-0.1, -0.05) is 0 Å². The molecule has 1 aliphatic heterocycles. The van der Waals surface area contributed by atoms with Crippen LogP contribution in [0, 0.1) is 20.8 Å². The molecule has 0 aliphatic carbocycles. The molecule has 0 aromatic heterocycles. The lowest BCUT2D eigenvalue weighted by atomic mass is 9.87. The Bertz CT molecular complexity index is 596. The molecule has 1 aromatic carbocycles. The molecule has 2 N–H and O–H groups in total. The third kappa shape index (κ3) is 2.58. The Labute approximate surface area is 125 Å². The average molecular weight is 292 g/mol. The molecule has 1 amide bonds. The molecule has 116 valence electrons. The van der Waals surface area contributed by atoms with Gasteiger partial charge in [-0.05, 0) is 50.8 Å². The fraction of sp³-hybridized carbons (Fsp3) is 0.562. The standard InChI is InChI=1S/C16H24N2O3/c1-9-10(2)14-12(11(3)13(9)19)7-8-16(4,21-14)15(20)17-18(5)6/h19H,7-8H2,1-6H3,(H,17,20)/t16-/m0/s1. The van der Waals surface area contributed by atoms with E-state index in [0.717, 1.165) is 28.0 Å². The van der Waals surface area contributed by atoms with Crippen LogP contribution in [0.25, 0.3) is 0 Å². The first-order chi connectivity index (χ1) is 9.67. The van der Waals surface area contributed by atoms with Gasteiger partial charge in [-0.25, -0.2) is 5.01 Å². The zero-order valence-corrected chi connectivity index (χ0v) is 13.6. The van der Waals surface area contributed by atoms with Gasteiger partial charge < -0.3 is 9.84 Å². The van der Waals surface area contributed by atoms with Crippen LogP contribution in [-0.4, -0.2) is 35.7 Å². The predicted molar refractivity (Wildman–Crippen MR) is 81.5 cm³/mol. The summed E-state index contributed by atoms with van der Waals surface area (Å²) in [7, 11) is 3.55. The summed E-state index contributed by atoms with van der Waals surface area (Å²) in [5.74, 6) is 0.919. The highest BCUT2D eigenvalue weighted by atomic mass is 16.5. The van der Waals surface area contributed by atoms with Gasteiger partial charge in [0.1, 0.15) is 11.5 Å². The summed E-state index contributed by atoms with van der Waals surface area (Å²) in [6.07, 6.45) is 1.30. The van der Waals surface area contributed by atoms with Gasteiger partial charge in [0.15, 0.2) is 5.60 Å². The molecule has 0 saturated carbocycles. The Morgan fingerprint density at radius 3 is 2.43 bits per heavy atom. The fourth-order valence-corrected chi connectivity index (χ4v) is 2.73. The SMILES string of the molecule is Cc1c(C)c2c(c(C)c1O)CC[C@@](C)(C(=O)NN(C)C)O2. The molecule has 1 heterocycles. The van der Waals surface area contributed by atoms with Gasteiger partial charge in [0.2, 0.25) is 0 Å². The van der Waals surface area contributed by atoms with Crippen molar-refractivity contribution in [3.05, 3.63) is 22.3 Å². The second-order valence-electron chi connectivity index (χ2n) is 6.20. The number of amides is 1. The minimum Gasteiger partial charge on any atom is -0.507 e. The second kappa shape index (κ2) is 5.22. The van der Waals surface area contributed by atoms with Gasteiger partial charge in [0, 0.05) is 26.1 Å². The average Bonchev–Trinajstić information content (AvgIpc) is 2.42. The van der Waals surface area contributed by atoms with E-state index in [1.165, 1.54) is 0 Å². The molecule has 1 aliphatic rings. The lowest BCUT2D eigenvalue weighted by molar-refractivity contribution is -0.141. The quantitative estimate of drug-likeness (QED) is 0.818. The number of rotatable bonds is 2. The highest BCUT2D eigenvalue weighted by Crippen LogP contribution is 2.43. The molecule has 0 unspecified atom stereocenters. The maximum atomic E-state index is 12.4. The van der Waals surface area contributed by atoms with Crippen LogP contribution >= 0.6 is 0 Å². The van der Waals surface area contributed by atoms with Gasteiger partial charge in [0.05, 0.1) is 0 Å². The number of carbonyl (C=O) groups is 1. The zero-order valence-electron chi connectivity index (χ0n) is 13.6. The number of benzene rings is 1. The molecule has 0 bridgehead atoms. The number of hydrogen-bond acceptors (Lipinski definition) is 4. The van der Waals surface area contributed by atoms with Crippen LogP contribution in [0.1, 0.15) is 35.6 Å². The van der Waals surface area contributed by atoms with Crippen molar-refractivity contribution < 1.29 is 14.6 Å². The summed E-state index contributed by atoms with van der Waals surface area (Å²) in [5, 5.41) is 11.8. The first kappa shape index (κ1) is 15.6. The van der Waals surface area contributed by atoms with Crippen molar-refractivity contribution in [2.45, 2.75) is 46.1 Å². The zero-order chi connectivity index (χ0) is 15.9. The highest BCUT2D eigenvalue weighted by molar-refractivity contribution is 5.85. The second-order valence-corrected chi connectivity index (χ2v) is 6.20. The number of hydrogen-bond donors (Lipinski definition) is 2. The summed E-state index contributed by atoms with van der Waals surface area (Å²) in [5.41, 5.74) is 5.44. The lowest BCUT2D eigenvalue weighted by Gasteiger charge is -2.37. The van der Waals surface area contributed by atoms with Crippen LogP contribution in [0.4, 0.5) is 0 Å². The minimum atomic E-state index is -0.891. The van der Waals surface area contributed by atoms with Crippen LogP contribution in [0.15, 0.2) is 0 Å². The van der Waals surface area contributed by atoms with Crippen molar-refractivity contribution in [2.24, 2.45) is 0 Å². The molecule has 2 rings (SSSR count). The fourth-order valence-electron chi connectivity index (χ4n) is 2.73. The molecule has 0 fully saturated rings. The first-order valence-electron chi connectivity index (χ1n) is 7.16. The van der Waals surface area contributed by atoms with Crippen molar-refractivity contribution in [1.29, 1.82) is 0 Å². The molecule has 0 spiro atoms. The van der Waals surface area contributed by atoms with E-state index in [1.54, 1.807) is 19.1 Å². The van der Waals surface area contributed by atoms with Crippen molar-refractivity contribution in [1.82, 2.24) is 10.4 Å². The van der Waals surface area contributed by atoms with Gasteiger partial charge in [-0.3, -0.25) is 10.2 Å². The monoisotopic (exact) mass is 292 g/mol. The topological polar surface area (TPSA) is 61.8 Å². The van der Waals surface area contributed by atoms with Crippen LogP contribution < -0.4 is 10.2 Å².